The van der Waals surface area contributed by atoms with E-state index in [1.807, 2.05) is 0 Å². The summed E-state index contributed by atoms with van der Waals surface area (Å²) in [6.45, 7) is 0. The summed E-state index contributed by atoms with van der Waals surface area (Å²) >= 11 is 3.83. The molecular weight excluding hydrogens is 303 g/mol. The van der Waals surface area contributed by atoms with Gasteiger partial charge >= 0.3 is 6.18 Å². The van der Waals surface area contributed by atoms with Crippen molar-refractivity contribution in [3.8, 4) is 5.40 Å². The molecule has 0 spiro atoms. The summed E-state index contributed by atoms with van der Waals surface area (Å²) in [6, 6.07) is 6.50. The van der Waals surface area contributed by atoms with Gasteiger partial charge in [-0.25, -0.2) is 0 Å². The van der Waals surface area contributed by atoms with E-state index in [-0.39, 0.29) is 0 Å². The highest BCUT2D eigenvalue weighted by atomic mass is 79.9. The molecule has 0 bridgehead atoms. The van der Waals surface area contributed by atoms with Crippen LogP contribution in [0, 0.1) is 10.7 Å². The fourth-order valence-electron chi connectivity index (χ4n) is 1.18. The fourth-order valence-corrected chi connectivity index (χ4v) is 2.14. The minimum absolute atomic E-state index is 0.507. The van der Waals surface area contributed by atoms with E-state index in [0.717, 1.165) is 4.47 Å². The third-order valence-electron chi connectivity index (χ3n) is 1.85. The van der Waals surface area contributed by atoms with E-state index >= 15 is 0 Å². The summed E-state index contributed by atoms with van der Waals surface area (Å²) in [5, 5.41) is 9.33. The Kier molecular flexibility index (Phi) is 4.69. The van der Waals surface area contributed by atoms with Gasteiger partial charge in [-0.3, -0.25) is 0 Å². The molecule has 6 heteroatoms. The highest BCUT2D eigenvalue weighted by Gasteiger charge is 2.33. The van der Waals surface area contributed by atoms with E-state index in [4.69, 9.17) is 5.26 Å². The van der Waals surface area contributed by atoms with Crippen LogP contribution in [0.4, 0.5) is 13.2 Å². The van der Waals surface area contributed by atoms with Gasteiger partial charge in [-0.05, 0) is 29.5 Å². The lowest BCUT2D eigenvalue weighted by Gasteiger charge is -2.15. The average Bonchev–Trinajstić information content (AvgIpc) is 2.16. The molecule has 86 valence electrons. The maximum Gasteiger partial charge on any atom is 0.390 e. The molecule has 0 N–H and O–H groups in total. The predicted molar refractivity (Wildman–Crippen MR) is 60.8 cm³/mol. The third-order valence-corrected chi connectivity index (χ3v) is 3.21. The zero-order valence-electron chi connectivity index (χ0n) is 7.96. The Morgan fingerprint density at radius 1 is 1.31 bits per heavy atom. The van der Waals surface area contributed by atoms with Crippen molar-refractivity contribution in [3.63, 3.8) is 0 Å². The molecule has 0 aliphatic heterocycles. The summed E-state index contributed by atoms with van der Waals surface area (Å²) in [7, 11) is 0. The van der Waals surface area contributed by atoms with Crippen LogP contribution in [-0.2, 0) is 0 Å². The van der Waals surface area contributed by atoms with Crippen LogP contribution in [0.3, 0.4) is 0 Å². The van der Waals surface area contributed by atoms with Crippen LogP contribution in [0.2, 0.25) is 0 Å². The SMILES string of the molecule is N#CSC(CC(F)(F)F)c1ccc(Br)cc1. The van der Waals surface area contributed by atoms with Crippen molar-refractivity contribution in [3.05, 3.63) is 34.3 Å². The van der Waals surface area contributed by atoms with Crippen LogP contribution < -0.4 is 0 Å². The number of hydrogen-bond donors (Lipinski definition) is 0. The van der Waals surface area contributed by atoms with Crippen molar-refractivity contribution in [2.24, 2.45) is 0 Å². The number of benzene rings is 1. The van der Waals surface area contributed by atoms with Gasteiger partial charge in [0.2, 0.25) is 0 Å². The molecule has 1 nitrogen and oxygen atoms in total. The summed E-state index contributed by atoms with van der Waals surface area (Å²) in [5.74, 6) is 0. The second-order valence-corrected chi connectivity index (χ2v) is 4.97. The fraction of sp³-hybridized carbons (Fsp3) is 0.300. The van der Waals surface area contributed by atoms with Crippen LogP contribution in [-0.4, -0.2) is 6.18 Å². The molecule has 0 saturated heterocycles. The van der Waals surface area contributed by atoms with E-state index in [9.17, 15) is 13.2 Å². The molecule has 1 aromatic carbocycles. The Morgan fingerprint density at radius 2 is 1.88 bits per heavy atom. The summed E-state index contributed by atoms with van der Waals surface area (Å²) in [5.41, 5.74) is 0.507. The van der Waals surface area contributed by atoms with Gasteiger partial charge in [0.1, 0.15) is 5.40 Å². The number of nitriles is 1. The molecule has 0 amide bonds. The Morgan fingerprint density at radius 3 is 2.31 bits per heavy atom. The molecule has 1 aromatic rings. The van der Waals surface area contributed by atoms with Crippen molar-refractivity contribution < 1.29 is 13.2 Å². The minimum Gasteiger partial charge on any atom is -0.185 e. The number of nitrogens with zero attached hydrogens (tertiary/aromatic N) is 1. The molecule has 1 atom stereocenters. The lowest BCUT2D eigenvalue weighted by molar-refractivity contribution is -0.134. The molecule has 1 unspecified atom stereocenters. The molecule has 0 fully saturated rings. The van der Waals surface area contributed by atoms with E-state index in [0.29, 0.717) is 17.3 Å². The van der Waals surface area contributed by atoms with Crippen LogP contribution >= 0.6 is 27.7 Å². The van der Waals surface area contributed by atoms with Crippen molar-refractivity contribution in [1.82, 2.24) is 0 Å². The van der Waals surface area contributed by atoms with Crippen molar-refractivity contribution in [1.29, 1.82) is 5.26 Å². The van der Waals surface area contributed by atoms with E-state index in [2.05, 4.69) is 15.9 Å². The Bertz CT molecular complexity index is 383. The molecule has 0 radical (unpaired) electrons. The Balaban J connectivity index is 2.86. The van der Waals surface area contributed by atoms with E-state index in [1.54, 1.807) is 29.7 Å². The number of thiocyanates is 1. The van der Waals surface area contributed by atoms with Gasteiger partial charge in [-0.1, -0.05) is 28.1 Å². The molecular formula is C10H7BrF3NS. The first-order chi connectivity index (χ1) is 7.42. The van der Waals surface area contributed by atoms with Crippen LogP contribution in [0.1, 0.15) is 17.2 Å². The van der Waals surface area contributed by atoms with E-state index < -0.39 is 17.8 Å². The minimum atomic E-state index is -4.26. The molecule has 16 heavy (non-hydrogen) atoms. The lowest BCUT2D eigenvalue weighted by Crippen LogP contribution is -2.11. The number of thioether (sulfide) groups is 1. The average molecular weight is 310 g/mol. The highest BCUT2D eigenvalue weighted by molar-refractivity contribution is 9.10. The number of hydrogen-bond acceptors (Lipinski definition) is 2. The zero-order valence-corrected chi connectivity index (χ0v) is 10.4. The second kappa shape index (κ2) is 5.60. The second-order valence-electron chi connectivity index (χ2n) is 3.07. The Hall–Kier alpha value is -0.670. The summed E-state index contributed by atoms with van der Waals surface area (Å²) in [4.78, 5) is 0. The smallest absolute Gasteiger partial charge is 0.185 e. The number of rotatable bonds is 3. The maximum absolute atomic E-state index is 12.3. The third kappa shape index (κ3) is 4.45. The van der Waals surface area contributed by atoms with Crippen LogP contribution in [0.5, 0.6) is 0 Å². The van der Waals surface area contributed by atoms with Crippen molar-refractivity contribution in [2.75, 3.05) is 0 Å². The molecule has 0 aliphatic rings. The monoisotopic (exact) mass is 309 g/mol. The van der Waals surface area contributed by atoms with Crippen LogP contribution in [0.25, 0.3) is 0 Å². The topological polar surface area (TPSA) is 23.8 Å². The summed E-state index contributed by atoms with van der Waals surface area (Å²) < 4.78 is 37.6. The maximum atomic E-state index is 12.3. The highest BCUT2D eigenvalue weighted by Crippen LogP contribution is 2.38. The molecule has 0 aliphatic carbocycles. The van der Waals surface area contributed by atoms with Crippen LogP contribution in [0.15, 0.2) is 28.7 Å². The predicted octanol–water partition coefficient (Wildman–Crippen LogP) is 4.66. The zero-order chi connectivity index (χ0) is 12.2. The van der Waals surface area contributed by atoms with Gasteiger partial charge in [0, 0.05) is 4.47 Å². The van der Waals surface area contributed by atoms with Crippen molar-refractivity contribution >= 4 is 27.7 Å². The standard InChI is InChI=1S/C10H7BrF3NS/c11-8-3-1-7(2-4-8)9(16-6-15)5-10(12,13)14/h1-4,9H,5H2. The molecule has 0 aromatic heterocycles. The normalized spacial score (nSPS) is 13.2. The summed E-state index contributed by atoms with van der Waals surface area (Å²) in [6.07, 6.45) is -5.26. The first kappa shape index (κ1) is 13.4. The molecule has 0 heterocycles. The van der Waals surface area contributed by atoms with Gasteiger partial charge < -0.3 is 0 Å². The Labute approximate surface area is 104 Å². The number of halogens is 4. The quantitative estimate of drug-likeness (QED) is 0.758. The first-order valence-electron chi connectivity index (χ1n) is 4.29. The molecule has 0 saturated carbocycles. The van der Waals surface area contributed by atoms with Gasteiger partial charge in [0.25, 0.3) is 0 Å². The van der Waals surface area contributed by atoms with Gasteiger partial charge in [0.15, 0.2) is 0 Å². The lowest BCUT2D eigenvalue weighted by atomic mass is 10.1. The first-order valence-corrected chi connectivity index (χ1v) is 5.96. The van der Waals surface area contributed by atoms with Gasteiger partial charge in [0.05, 0.1) is 11.7 Å². The van der Waals surface area contributed by atoms with Gasteiger partial charge in [-0.15, -0.1) is 0 Å². The van der Waals surface area contributed by atoms with Crippen molar-refractivity contribution in [2.45, 2.75) is 17.8 Å². The largest absolute Gasteiger partial charge is 0.390 e. The molecule has 1 rings (SSSR count). The van der Waals surface area contributed by atoms with E-state index in [1.165, 1.54) is 0 Å². The number of alkyl halides is 3. The van der Waals surface area contributed by atoms with Gasteiger partial charge in [-0.2, -0.15) is 18.4 Å².